The van der Waals surface area contributed by atoms with Gasteiger partial charge in [0.25, 0.3) is 11.8 Å². The van der Waals surface area contributed by atoms with E-state index in [-0.39, 0.29) is 11.9 Å². The Labute approximate surface area is 252 Å². The number of phosphoric ester groups is 1. The molecule has 7 aliphatic rings. The maximum Gasteiger partial charge on any atom is 0.472 e. The lowest BCUT2D eigenvalue weighted by molar-refractivity contribution is -0.124. The molecule has 0 radical (unpaired) electrons. The highest BCUT2D eigenvalue weighted by atomic mass is 31.2. The van der Waals surface area contributed by atoms with Crippen LogP contribution in [0.25, 0.3) is 0 Å². The minimum Gasteiger partial charge on any atom is -0.386 e. The predicted molar refractivity (Wildman–Crippen MR) is 145 cm³/mol. The minimum atomic E-state index is -5.06. The summed E-state index contributed by atoms with van der Waals surface area (Å²) in [5, 5.41) is 27.0. The fraction of sp³-hybridized carbons (Fsp3) is 0.700. The third kappa shape index (κ3) is 5.32. The largest absolute Gasteiger partial charge is 0.472 e. The molecule has 3 saturated heterocycles. The summed E-state index contributed by atoms with van der Waals surface area (Å²) >= 11 is 0. The van der Waals surface area contributed by atoms with Crippen LogP contribution in [-0.4, -0.2) is 152 Å². The molecular formula is C20H28N10O13P2. The van der Waals surface area contributed by atoms with Gasteiger partial charge >= 0.3 is 15.4 Å². The molecule has 0 aromatic heterocycles. The average Bonchev–Trinajstić information content (AvgIpc) is 3.69. The SMILES string of the molecule is NC1=NC2C(N=CN2[C@@H]2O[C@@H]3COP(=O)(O)O[C@H]4[C@@H](O)[C@H](N5C=NC6C(=O)NC(N)=NC65)O[C@@H]4CP(=O)(O)O[C@H]3[C@H]2O)C(=O)N1. The molecule has 25 heteroatoms. The number of ether oxygens (including phenoxy) is 2. The third-order valence-corrected chi connectivity index (χ3v) is 10.4. The van der Waals surface area contributed by atoms with E-state index in [1.54, 1.807) is 0 Å². The summed E-state index contributed by atoms with van der Waals surface area (Å²) in [5.41, 5.74) is 11.3. The number of hydrogen-bond acceptors (Lipinski definition) is 19. The number of nitrogens with zero attached hydrogens (tertiary/aromatic N) is 6. The quantitative estimate of drug-likeness (QED) is 0.126. The highest BCUT2D eigenvalue weighted by Gasteiger charge is 2.58. The molecule has 0 bridgehead atoms. The number of aliphatic hydroxyl groups is 2. The minimum absolute atomic E-state index is 0.207. The van der Waals surface area contributed by atoms with Gasteiger partial charge in [0.15, 0.2) is 48.8 Å². The Hall–Kier alpha value is -3.08. The van der Waals surface area contributed by atoms with Crippen LogP contribution < -0.4 is 22.1 Å². The highest BCUT2D eigenvalue weighted by Crippen LogP contribution is 2.54. The average molecular weight is 678 g/mol. The molecule has 3 fully saturated rings. The van der Waals surface area contributed by atoms with Crippen LogP contribution in [0.5, 0.6) is 0 Å². The standard InChI is InChI=1S/C20H28N10O13P2/c21-19-25-13-7(15(33)27-19)23-3-29(13)17-9(31)11-5(40-17)1-39-45(37,38)43-12-6(2-44(35,36)42-11)41-18(10(12)32)30-4-24-8-14(30)26-20(22)28-16(8)34/h3-14,17-18,31-32H,1-2H2,(H,35,36)(H,37,38)(H3,21,25,27,33)(H3,22,26,28,34)/t5-,6-,7?,8?,9-,10-,11-,12-,13?,14?,17-,18-/m1/s1. The monoisotopic (exact) mass is 678 g/mol. The number of aliphatic hydroxyl groups excluding tert-OH is 2. The fourth-order valence-electron chi connectivity index (χ4n) is 6.06. The van der Waals surface area contributed by atoms with E-state index < -0.39 is 113 Å². The van der Waals surface area contributed by atoms with E-state index in [4.69, 9.17) is 34.5 Å². The molecule has 14 atom stereocenters. The Balaban J connectivity index is 1.13. The van der Waals surface area contributed by atoms with Crippen molar-refractivity contribution in [3.05, 3.63) is 0 Å². The van der Waals surface area contributed by atoms with Crippen LogP contribution in [0.2, 0.25) is 0 Å². The lowest BCUT2D eigenvalue weighted by Gasteiger charge is -2.33. The number of carbonyl (C=O) groups excluding carboxylic acids is 2. The zero-order valence-corrected chi connectivity index (χ0v) is 24.5. The molecule has 10 N–H and O–H groups in total. The van der Waals surface area contributed by atoms with Gasteiger partial charge < -0.3 is 50.7 Å². The van der Waals surface area contributed by atoms with Gasteiger partial charge in [-0.25, -0.2) is 14.5 Å². The first-order valence-corrected chi connectivity index (χ1v) is 16.7. The van der Waals surface area contributed by atoms with E-state index in [1.807, 2.05) is 0 Å². The van der Waals surface area contributed by atoms with Crippen molar-refractivity contribution in [2.24, 2.45) is 31.4 Å². The van der Waals surface area contributed by atoms with Crippen molar-refractivity contribution >= 4 is 51.8 Å². The van der Waals surface area contributed by atoms with Gasteiger partial charge in [-0.1, -0.05) is 0 Å². The Morgan fingerprint density at radius 2 is 1.31 bits per heavy atom. The number of hydrogen-bond donors (Lipinski definition) is 8. The number of nitrogens with one attached hydrogen (secondary N) is 2. The van der Waals surface area contributed by atoms with E-state index in [0.717, 1.165) is 6.34 Å². The van der Waals surface area contributed by atoms with Crippen molar-refractivity contribution in [3.8, 4) is 0 Å². The van der Waals surface area contributed by atoms with E-state index in [9.17, 15) is 38.7 Å². The molecule has 2 amide bonds. The number of amides is 2. The molecule has 0 aromatic carbocycles. The zero-order valence-electron chi connectivity index (χ0n) is 22.7. The molecule has 7 aliphatic heterocycles. The molecular weight excluding hydrogens is 650 g/mol. The van der Waals surface area contributed by atoms with Gasteiger partial charge in [-0.15, -0.1) is 0 Å². The van der Waals surface area contributed by atoms with E-state index in [1.165, 1.54) is 16.1 Å². The highest BCUT2D eigenvalue weighted by molar-refractivity contribution is 7.52. The molecule has 7 heterocycles. The van der Waals surface area contributed by atoms with E-state index >= 15 is 0 Å². The third-order valence-electron chi connectivity index (χ3n) is 8.04. The summed E-state index contributed by atoms with van der Waals surface area (Å²) < 4.78 is 54.1. The zero-order chi connectivity index (χ0) is 32.0. The summed E-state index contributed by atoms with van der Waals surface area (Å²) in [6.07, 6.45) is -13.3. The van der Waals surface area contributed by atoms with Crippen LogP contribution in [-0.2, 0) is 41.8 Å². The number of carbonyl (C=O) groups is 2. The van der Waals surface area contributed by atoms with Gasteiger partial charge in [0.05, 0.1) is 25.4 Å². The maximum absolute atomic E-state index is 13.5. The van der Waals surface area contributed by atoms with Crippen LogP contribution in [0.3, 0.4) is 0 Å². The molecule has 0 aliphatic carbocycles. The summed E-state index contributed by atoms with van der Waals surface area (Å²) in [5.74, 6) is -1.56. The lowest BCUT2D eigenvalue weighted by Crippen LogP contribution is -2.57. The van der Waals surface area contributed by atoms with Gasteiger partial charge in [-0.2, -0.15) is 0 Å². The number of phosphoric acid groups is 1. The van der Waals surface area contributed by atoms with Crippen LogP contribution in [0, 0.1) is 0 Å². The van der Waals surface area contributed by atoms with Gasteiger partial charge in [-0.3, -0.25) is 48.3 Å². The van der Waals surface area contributed by atoms with Crippen molar-refractivity contribution in [1.82, 2.24) is 20.4 Å². The summed E-state index contributed by atoms with van der Waals surface area (Å²) in [4.78, 5) is 64.9. The van der Waals surface area contributed by atoms with Crippen LogP contribution in [0.15, 0.2) is 20.0 Å². The Morgan fingerprint density at radius 1 is 0.822 bits per heavy atom. The van der Waals surface area contributed by atoms with Crippen LogP contribution in [0.1, 0.15) is 0 Å². The Morgan fingerprint density at radius 3 is 1.84 bits per heavy atom. The number of fused-ring (bicyclic) bond motifs is 4. The number of aliphatic imine (C=N–C) groups is 4. The first-order chi connectivity index (χ1) is 21.2. The normalized spacial score (nSPS) is 49.2. The van der Waals surface area contributed by atoms with Crippen LogP contribution in [0.4, 0.5) is 0 Å². The van der Waals surface area contributed by atoms with Crippen molar-refractivity contribution in [1.29, 1.82) is 0 Å². The fourth-order valence-corrected chi connectivity index (χ4v) is 8.50. The van der Waals surface area contributed by atoms with Crippen molar-refractivity contribution in [3.63, 3.8) is 0 Å². The van der Waals surface area contributed by atoms with Crippen molar-refractivity contribution in [2.45, 2.75) is 73.5 Å². The second-order valence-corrected chi connectivity index (χ2v) is 14.2. The van der Waals surface area contributed by atoms with Gasteiger partial charge in [-0.05, 0) is 0 Å². The van der Waals surface area contributed by atoms with Crippen LogP contribution >= 0.6 is 15.4 Å². The first kappa shape index (κ1) is 30.6. The lowest BCUT2D eigenvalue weighted by atomic mass is 10.1. The molecule has 0 aromatic rings. The smallest absolute Gasteiger partial charge is 0.386 e. The molecule has 0 saturated carbocycles. The first-order valence-electron chi connectivity index (χ1n) is 13.4. The van der Waals surface area contributed by atoms with E-state index in [2.05, 4.69) is 30.6 Å². The maximum atomic E-state index is 13.5. The molecule has 23 nitrogen and oxygen atoms in total. The second kappa shape index (κ2) is 10.7. The van der Waals surface area contributed by atoms with Gasteiger partial charge in [0, 0.05) is 0 Å². The summed E-state index contributed by atoms with van der Waals surface area (Å²) in [6, 6.07) is -2.08. The Bertz CT molecular complexity index is 1510. The summed E-state index contributed by atoms with van der Waals surface area (Å²) in [7, 11) is -9.85. The molecule has 7 rings (SSSR count). The Kier molecular flexibility index (Phi) is 7.30. The molecule has 246 valence electrons. The number of nitrogens with two attached hydrogens (primary N) is 2. The van der Waals surface area contributed by atoms with Gasteiger partial charge in [0.2, 0.25) is 0 Å². The molecule has 45 heavy (non-hydrogen) atoms. The predicted octanol–water partition coefficient (Wildman–Crippen LogP) is -5.79. The van der Waals surface area contributed by atoms with Crippen molar-refractivity contribution in [2.75, 3.05) is 12.8 Å². The topological polar surface area (TPSA) is 327 Å². The number of rotatable bonds is 2. The number of guanidine groups is 2. The summed E-state index contributed by atoms with van der Waals surface area (Å²) in [6.45, 7) is -0.791. The van der Waals surface area contributed by atoms with E-state index in [0.29, 0.717) is 0 Å². The van der Waals surface area contributed by atoms with Crippen molar-refractivity contribution < 1.29 is 61.8 Å². The molecule has 6 unspecified atom stereocenters. The second-order valence-electron chi connectivity index (χ2n) is 11.0. The molecule has 0 spiro atoms. The van der Waals surface area contributed by atoms with Gasteiger partial charge in [0.1, 0.15) is 36.6 Å².